The number of nitrogens with two attached hydrogens (primary N) is 1. The number of nitrogens with one attached hydrogen (secondary N) is 1. The molecule has 0 bridgehead atoms. The molecule has 6 heteroatoms. The zero-order valence-corrected chi connectivity index (χ0v) is 13.0. The zero-order valence-electron chi connectivity index (χ0n) is 11.4. The quantitative estimate of drug-likeness (QED) is 0.659. The van der Waals surface area contributed by atoms with E-state index in [1.165, 1.54) is 9.75 Å². The van der Waals surface area contributed by atoms with Crippen molar-refractivity contribution < 1.29 is 0 Å². The van der Waals surface area contributed by atoms with Crippen LogP contribution in [0.1, 0.15) is 34.1 Å². The Balaban J connectivity index is 2.23. The van der Waals surface area contributed by atoms with E-state index in [-0.39, 0.29) is 6.04 Å². The van der Waals surface area contributed by atoms with Crippen molar-refractivity contribution in [2.45, 2.75) is 32.7 Å². The van der Waals surface area contributed by atoms with Crippen LogP contribution in [0.3, 0.4) is 0 Å². The van der Waals surface area contributed by atoms with Gasteiger partial charge in [0.25, 0.3) is 0 Å². The summed E-state index contributed by atoms with van der Waals surface area (Å²) in [7, 11) is 1.91. The molecule has 1 unspecified atom stereocenters. The van der Waals surface area contributed by atoms with Gasteiger partial charge in [-0.1, -0.05) is 18.5 Å². The number of hydrazine groups is 1. The third-order valence-electron chi connectivity index (χ3n) is 3.23. The van der Waals surface area contributed by atoms with Gasteiger partial charge in [0.15, 0.2) is 0 Å². The van der Waals surface area contributed by atoms with Crippen LogP contribution < -0.4 is 11.3 Å². The van der Waals surface area contributed by atoms with E-state index in [0.29, 0.717) is 0 Å². The summed E-state index contributed by atoms with van der Waals surface area (Å²) in [5.74, 6) is 5.69. The fraction of sp³-hybridized carbons (Fsp3) is 0.462. The Labute approximate surface area is 122 Å². The molecular weight excluding hydrogens is 280 g/mol. The largest absolute Gasteiger partial charge is 0.271 e. The van der Waals surface area contributed by atoms with E-state index in [9.17, 15) is 0 Å². The SMILES string of the molecule is CCc1ccc(C(Cc2c(Cl)c(C)nn2C)NN)s1. The highest BCUT2D eigenvalue weighted by Gasteiger charge is 2.18. The van der Waals surface area contributed by atoms with E-state index in [4.69, 9.17) is 17.4 Å². The summed E-state index contributed by atoms with van der Waals surface area (Å²) in [4.78, 5) is 2.59. The van der Waals surface area contributed by atoms with Crippen LogP contribution in [0.5, 0.6) is 0 Å². The van der Waals surface area contributed by atoms with Gasteiger partial charge in [-0.05, 0) is 25.5 Å². The molecule has 0 radical (unpaired) electrons. The number of halogens is 1. The normalized spacial score (nSPS) is 12.9. The summed E-state index contributed by atoms with van der Waals surface area (Å²) in [6, 6.07) is 4.35. The van der Waals surface area contributed by atoms with E-state index in [2.05, 4.69) is 29.6 Å². The number of hydrogen-bond donors (Lipinski definition) is 2. The maximum atomic E-state index is 6.29. The maximum Gasteiger partial charge on any atom is 0.0847 e. The van der Waals surface area contributed by atoms with Crippen molar-refractivity contribution >= 4 is 22.9 Å². The third kappa shape index (κ3) is 3.00. The molecule has 4 nitrogen and oxygen atoms in total. The highest BCUT2D eigenvalue weighted by atomic mass is 35.5. The fourth-order valence-electron chi connectivity index (χ4n) is 2.11. The molecule has 3 N–H and O–H groups in total. The molecule has 0 saturated carbocycles. The maximum absolute atomic E-state index is 6.29. The molecule has 0 aromatic carbocycles. The second-order valence-corrected chi connectivity index (χ2v) is 6.13. The monoisotopic (exact) mass is 298 g/mol. The van der Waals surface area contributed by atoms with Crippen LogP contribution in [0.2, 0.25) is 5.02 Å². The van der Waals surface area contributed by atoms with Gasteiger partial charge in [-0.3, -0.25) is 16.0 Å². The van der Waals surface area contributed by atoms with Gasteiger partial charge in [-0.15, -0.1) is 11.3 Å². The molecular formula is C13H19ClN4S. The summed E-state index contributed by atoms with van der Waals surface area (Å²) in [5.41, 5.74) is 4.74. The van der Waals surface area contributed by atoms with Crippen LogP contribution in [0.4, 0.5) is 0 Å². The minimum absolute atomic E-state index is 0.0672. The molecule has 2 heterocycles. The molecule has 2 aromatic rings. The molecule has 2 aromatic heterocycles. The first-order valence-corrected chi connectivity index (χ1v) is 7.49. The summed E-state index contributed by atoms with van der Waals surface area (Å²) in [6.45, 7) is 4.07. The summed E-state index contributed by atoms with van der Waals surface area (Å²) in [6.07, 6.45) is 1.78. The second kappa shape index (κ2) is 6.05. The lowest BCUT2D eigenvalue weighted by Crippen LogP contribution is -2.29. The lowest BCUT2D eigenvalue weighted by atomic mass is 10.1. The van der Waals surface area contributed by atoms with E-state index in [1.54, 1.807) is 11.3 Å². The molecule has 19 heavy (non-hydrogen) atoms. The lowest BCUT2D eigenvalue weighted by molar-refractivity contribution is 0.537. The standard InChI is InChI=1S/C13H19ClN4S/c1-4-9-5-6-12(19-9)10(16-15)7-11-13(14)8(2)17-18(11)3/h5-6,10,16H,4,7,15H2,1-3H3. The second-order valence-electron chi connectivity index (χ2n) is 4.55. The van der Waals surface area contributed by atoms with Crippen molar-refractivity contribution in [3.05, 3.63) is 38.3 Å². The minimum Gasteiger partial charge on any atom is -0.271 e. The number of aromatic nitrogens is 2. The van der Waals surface area contributed by atoms with E-state index < -0.39 is 0 Å². The third-order valence-corrected chi connectivity index (χ3v) is 5.07. The molecule has 0 aliphatic rings. The Morgan fingerprint density at radius 1 is 1.53 bits per heavy atom. The number of aryl methyl sites for hydroxylation is 3. The van der Waals surface area contributed by atoms with E-state index in [1.807, 2.05) is 18.7 Å². The number of nitrogens with zero attached hydrogens (tertiary/aromatic N) is 2. The van der Waals surface area contributed by atoms with Gasteiger partial charge in [0.2, 0.25) is 0 Å². The van der Waals surface area contributed by atoms with Crippen molar-refractivity contribution in [1.82, 2.24) is 15.2 Å². The highest BCUT2D eigenvalue weighted by Crippen LogP contribution is 2.29. The van der Waals surface area contributed by atoms with Gasteiger partial charge >= 0.3 is 0 Å². The van der Waals surface area contributed by atoms with Gasteiger partial charge in [-0.25, -0.2) is 0 Å². The van der Waals surface area contributed by atoms with Crippen molar-refractivity contribution in [1.29, 1.82) is 0 Å². The van der Waals surface area contributed by atoms with Gasteiger partial charge in [0.1, 0.15) is 0 Å². The lowest BCUT2D eigenvalue weighted by Gasteiger charge is -2.14. The molecule has 1 atom stereocenters. The van der Waals surface area contributed by atoms with Crippen molar-refractivity contribution in [3.63, 3.8) is 0 Å². The van der Waals surface area contributed by atoms with Crippen LogP contribution in [-0.2, 0) is 19.9 Å². The number of thiophene rings is 1. The van der Waals surface area contributed by atoms with Crippen LogP contribution in [-0.4, -0.2) is 9.78 Å². The van der Waals surface area contributed by atoms with Gasteiger partial charge in [0, 0.05) is 23.2 Å². The van der Waals surface area contributed by atoms with E-state index in [0.717, 1.165) is 29.3 Å². The predicted octanol–water partition coefficient (Wildman–Crippen LogP) is 2.75. The Hall–Kier alpha value is -0.880. The first-order chi connectivity index (χ1) is 9.06. The first-order valence-electron chi connectivity index (χ1n) is 6.29. The van der Waals surface area contributed by atoms with Crippen molar-refractivity contribution in [2.75, 3.05) is 0 Å². The topological polar surface area (TPSA) is 55.9 Å². The number of hydrogen-bond acceptors (Lipinski definition) is 4. The summed E-state index contributed by atoms with van der Waals surface area (Å²) < 4.78 is 1.83. The first kappa shape index (κ1) is 14.5. The molecule has 0 fully saturated rings. The Morgan fingerprint density at radius 2 is 2.26 bits per heavy atom. The average molecular weight is 299 g/mol. The summed E-state index contributed by atoms with van der Waals surface area (Å²) in [5, 5.41) is 5.06. The minimum atomic E-state index is 0.0672. The van der Waals surface area contributed by atoms with Gasteiger partial charge < -0.3 is 0 Å². The summed E-state index contributed by atoms with van der Waals surface area (Å²) >= 11 is 8.07. The molecule has 2 rings (SSSR count). The fourth-order valence-corrected chi connectivity index (χ4v) is 3.36. The molecule has 0 aliphatic heterocycles. The van der Waals surface area contributed by atoms with Crippen LogP contribution in [0.15, 0.2) is 12.1 Å². The van der Waals surface area contributed by atoms with Crippen LogP contribution in [0, 0.1) is 6.92 Å². The van der Waals surface area contributed by atoms with Crippen molar-refractivity contribution in [2.24, 2.45) is 12.9 Å². The average Bonchev–Trinajstić information content (AvgIpc) is 2.95. The molecule has 104 valence electrons. The number of rotatable bonds is 5. The molecule has 0 amide bonds. The van der Waals surface area contributed by atoms with Crippen molar-refractivity contribution in [3.8, 4) is 0 Å². The zero-order chi connectivity index (χ0) is 14.0. The Kier molecular flexibility index (Phi) is 4.62. The highest BCUT2D eigenvalue weighted by molar-refractivity contribution is 7.12. The van der Waals surface area contributed by atoms with E-state index >= 15 is 0 Å². The Bertz CT molecular complexity index is 561. The van der Waals surface area contributed by atoms with Gasteiger partial charge in [0.05, 0.1) is 22.5 Å². The molecule has 0 spiro atoms. The Morgan fingerprint density at radius 3 is 2.74 bits per heavy atom. The van der Waals surface area contributed by atoms with Crippen LogP contribution >= 0.6 is 22.9 Å². The van der Waals surface area contributed by atoms with Crippen LogP contribution in [0.25, 0.3) is 0 Å². The van der Waals surface area contributed by atoms with Gasteiger partial charge in [-0.2, -0.15) is 5.10 Å². The molecule has 0 aliphatic carbocycles. The molecule has 0 saturated heterocycles. The smallest absolute Gasteiger partial charge is 0.0847 e. The predicted molar refractivity (Wildman–Crippen MR) is 80.4 cm³/mol.